The van der Waals surface area contributed by atoms with Crippen molar-refractivity contribution in [1.82, 2.24) is 5.43 Å². The van der Waals surface area contributed by atoms with E-state index >= 15 is 0 Å². The maximum Gasteiger partial charge on any atom is 0.332 e. The van der Waals surface area contributed by atoms with Gasteiger partial charge in [-0.25, -0.2) is 10.2 Å². The van der Waals surface area contributed by atoms with E-state index in [0.717, 1.165) is 50.7 Å². The lowest BCUT2D eigenvalue weighted by molar-refractivity contribution is -0.148. The van der Waals surface area contributed by atoms with Crippen molar-refractivity contribution < 1.29 is 14.3 Å². The lowest BCUT2D eigenvalue weighted by Gasteiger charge is -2.57. The summed E-state index contributed by atoms with van der Waals surface area (Å²) in [6.07, 6.45) is 11.0. The normalized spacial score (nSPS) is 43.4. The quantitative estimate of drug-likeness (QED) is 0.427. The summed E-state index contributed by atoms with van der Waals surface area (Å²) in [6, 6.07) is -0.587. The summed E-state index contributed by atoms with van der Waals surface area (Å²) < 4.78 is 5.53. The molecule has 0 aromatic heterocycles. The van der Waals surface area contributed by atoms with Crippen LogP contribution in [0, 0.1) is 28.6 Å². The highest BCUT2D eigenvalue weighted by atomic mass is 16.5. The van der Waals surface area contributed by atoms with Gasteiger partial charge in [-0.3, -0.25) is 4.79 Å². The molecule has 0 heterocycles. The molecular weight excluding hydrogens is 354 g/mol. The second-order valence-electron chi connectivity index (χ2n) is 9.76. The van der Waals surface area contributed by atoms with Gasteiger partial charge in [-0.1, -0.05) is 25.5 Å². The molecule has 4 aliphatic carbocycles. The number of carbonyl (C=O) groups is 2. The maximum atomic E-state index is 11.4. The zero-order valence-corrected chi connectivity index (χ0v) is 17.3. The summed E-state index contributed by atoms with van der Waals surface area (Å²) in [4.78, 5) is 22.5. The van der Waals surface area contributed by atoms with Gasteiger partial charge in [0, 0.05) is 24.5 Å². The van der Waals surface area contributed by atoms with Crippen molar-refractivity contribution in [2.45, 2.75) is 78.2 Å². The number of hydrogen-bond acceptors (Lipinski definition) is 4. The monoisotopic (exact) mass is 387 g/mol. The molecule has 0 bridgehead atoms. The molecule has 3 N–H and O–H groups in total. The number of carbonyl (C=O) groups excluding carboxylic acids is 2. The molecule has 0 aromatic rings. The molecule has 4 aliphatic rings. The minimum Gasteiger partial charge on any atom is -0.462 e. The second-order valence-corrected chi connectivity index (χ2v) is 9.76. The molecular formula is C22H33N3O3. The van der Waals surface area contributed by atoms with Crippen LogP contribution in [0.1, 0.15) is 72.1 Å². The van der Waals surface area contributed by atoms with E-state index in [-0.39, 0.29) is 22.9 Å². The van der Waals surface area contributed by atoms with Gasteiger partial charge >= 0.3 is 12.0 Å². The number of hydrogen-bond donors (Lipinski definition) is 2. The number of nitrogens with zero attached hydrogens (tertiary/aromatic N) is 1. The Morgan fingerprint density at radius 2 is 1.89 bits per heavy atom. The van der Waals surface area contributed by atoms with Crippen LogP contribution in [0.4, 0.5) is 4.79 Å². The van der Waals surface area contributed by atoms with Gasteiger partial charge < -0.3 is 10.5 Å². The Kier molecular flexibility index (Phi) is 4.79. The van der Waals surface area contributed by atoms with Crippen LogP contribution in [0.3, 0.4) is 0 Å². The summed E-state index contributed by atoms with van der Waals surface area (Å²) in [7, 11) is 0. The van der Waals surface area contributed by atoms with E-state index in [9.17, 15) is 9.59 Å². The lowest BCUT2D eigenvalue weighted by atomic mass is 9.48. The van der Waals surface area contributed by atoms with E-state index in [1.54, 1.807) is 0 Å². The number of nitrogens with two attached hydrogens (primary N) is 1. The second kappa shape index (κ2) is 6.89. The maximum absolute atomic E-state index is 11.4. The average Bonchev–Trinajstić information content (AvgIpc) is 2.96. The third-order valence-corrected chi connectivity index (χ3v) is 8.43. The number of ether oxygens (including phenoxy) is 1. The average molecular weight is 388 g/mol. The number of esters is 1. The third kappa shape index (κ3) is 3.05. The van der Waals surface area contributed by atoms with Gasteiger partial charge in [0.1, 0.15) is 6.10 Å². The largest absolute Gasteiger partial charge is 0.462 e. The number of primary amides is 1. The smallest absolute Gasteiger partial charge is 0.332 e. The zero-order chi connectivity index (χ0) is 20.1. The van der Waals surface area contributed by atoms with Crippen LogP contribution >= 0.6 is 0 Å². The summed E-state index contributed by atoms with van der Waals surface area (Å²) in [6.45, 7) is 6.29. The van der Waals surface area contributed by atoms with E-state index in [1.165, 1.54) is 18.9 Å². The van der Waals surface area contributed by atoms with Crippen molar-refractivity contribution in [3.05, 3.63) is 11.6 Å². The highest BCUT2D eigenvalue weighted by molar-refractivity contribution is 5.93. The molecule has 0 saturated heterocycles. The molecule has 0 spiro atoms. The number of hydrazone groups is 1. The Hall–Kier alpha value is -1.85. The van der Waals surface area contributed by atoms with E-state index in [0.29, 0.717) is 17.8 Å². The first-order valence-corrected chi connectivity index (χ1v) is 10.7. The molecule has 3 fully saturated rings. The van der Waals surface area contributed by atoms with E-state index in [4.69, 9.17) is 10.5 Å². The number of nitrogens with one attached hydrogen (secondary N) is 1. The number of urea groups is 1. The van der Waals surface area contributed by atoms with Crippen molar-refractivity contribution in [2.24, 2.45) is 39.4 Å². The summed E-state index contributed by atoms with van der Waals surface area (Å²) in [5.74, 6) is 1.80. The first kappa shape index (κ1) is 19.5. The van der Waals surface area contributed by atoms with Crippen LogP contribution in [-0.2, 0) is 9.53 Å². The molecule has 28 heavy (non-hydrogen) atoms. The standard InChI is InChI=1S/C22H33N3O3/c1-13(26)28-15-8-10-21(2)14(12-15)4-5-16-17-6-7-19(24-25-20(23)27)22(17,3)11-9-18(16)21/h4,15-18H,5-12H2,1-3H3,(H3,23,25,27)/b24-19-/t15-,16-,17+,18+,21+,22+/m1/s1. The number of rotatable bonds is 2. The van der Waals surface area contributed by atoms with Crippen LogP contribution in [0.5, 0.6) is 0 Å². The van der Waals surface area contributed by atoms with Crippen molar-refractivity contribution >= 4 is 17.7 Å². The van der Waals surface area contributed by atoms with E-state index < -0.39 is 6.03 Å². The molecule has 6 atom stereocenters. The fourth-order valence-electron chi connectivity index (χ4n) is 7.06. The molecule has 0 aliphatic heterocycles. The van der Waals surface area contributed by atoms with Crippen LogP contribution < -0.4 is 11.2 Å². The topological polar surface area (TPSA) is 93.8 Å². The number of fused-ring (bicyclic) bond motifs is 5. The van der Waals surface area contributed by atoms with Crippen LogP contribution in [0.2, 0.25) is 0 Å². The number of amides is 2. The van der Waals surface area contributed by atoms with Crippen molar-refractivity contribution in [3.8, 4) is 0 Å². The molecule has 6 nitrogen and oxygen atoms in total. The van der Waals surface area contributed by atoms with Gasteiger partial charge in [0.2, 0.25) is 0 Å². The Bertz CT molecular complexity index is 745. The predicted octanol–water partition coefficient (Wildman–Crippen LogP) is 3.91. The van der Waals surface area contributed by atoms with Gasteiger partial charge in [0.15, 0.2) is 0 Å². The van der Waals surface area contributed by atoms with Crippen LogP contribution in [0.15, 0.2) is 16.8 Å². The molecule has 4 rings (SSSR count). The lowest BCUT2D eigenvalue weighted by Crippen LogP contribution is -2.50. The molecule has 6 heteroatoms. The van der Waals surface area contributed by atoms with Gasteiger partial charge in [0.25, 0.3) is 0 Å². The Morgan fingerprint density at radius 1 is 1.18 bits per heavy atom. The Balaban J connectivity index is 1.56. The minimum atomic E-state index is -0.587. The Labute approximate surface area is 167 Å². The first-order valence-electron chi connectivity index (χ1n) is 10.7. The van der Waals surface area contributed by atoms with Gasteiger partial charge in [-0.05, 0) is 68.1 Å². The third-order valence-electron chi connectivity index (χ3n) is 8.43. The fraction of sp³-hybridized carbons (Fsp3) is 0.773. The van der Waals surface area contributed by atoms with Crippen molar-refractivity contribution in [3.63, 3.8) is 0 Å². The van der Waals surface area contributed by atoms with Crippen LogP contribution in [-0.4, -0.2) is 23.8 Å². The minimum absolute atomic E-state index is 0.0484. The predicted molar refractivity (Wildman–Crippen MR) is 107 cm³/mol. The molecule has 0 aromatic carbocycles. The van der Waals surface area contributed by atoms with E-state index in [1.807, 2.05) is 0 Å². The molecule has 3 saturated carbocycles. The highest BCUT2D eigenvalue weighted by Gasteiger charge is 2.58. The van der Waals surface area contributed by atoms with Crippen molar-refractivity contribution in [1.29, 1.82) is 0 Å². The molecule has 0 unspecified atom stereocenters. The molecule has 154 valence electrons. The van der Waals surface area contributed by atoms with Gasteiger partial charge in [-0.15, -0.1) is 0 Å². The first-order chi connectivity index (χ1) is 13.2. The van der Waals surface area contributed by atoms with Crippen LogP contribution in [0.25, 0.3) is 0 Å². The summed E-state index contributed by atoms with van der Waals surface area (Å²) in [5.41, 5.74) is 10.6. The molecule has 0 radical (unpaired) electrons. The number of allylic oxidation sites excluding steroid dienone is 1. The zero-order valence-electron chi connectivity index (χ0n) is 17.3. The SMILES string of the molecule is CC(=O)O[C@@H]1CC[C@@]2(C)C(=CC[C@H]3[C@@H]2CC[C@]2(C)/C(=N\NC(N)=O)CC[C@@H]32)C1. The summed E-state index contributed by atoms with van der Waals surface area (Å²) in [5, 5.41) is 4.38. The van der Waals surface area contributed by atoms with Gasteiger partial charge in [0.05, 0.1) is 0 Å². The fourth-order valence-corrected chi connectivity index (χ4v) is 7.06. The molecule has 2 amide bonds. The summed E-state index contributed by atoms with van der Waals surface area (Å²) >= 11 is 0. The van der Waals surface area contributed by atoms with Crippen molar-refractivity contribution in [2.75, 3.05) is 0 Å². The highest BCUT2D eigenvalue weighted by Crippen LogP contribution is 2.64. The Morgan fingerprint density at radius 3 is 2.61 bits per heavy atom. The van der Waals surface area contributed by atoms with E-state index in [2.05, 4.69) is 30.5 Å². The van der Waals surface area contributed by atoms with Gasteiger partial charge in [-0.2, -0.15) is 5.10 Å².